The molecule has 152 valence electrons. The predicted molar refractivity (Wildman–Crippen MR) is 107 cm³/mol. The maximum Gasteiger partial charge on any atom is 0.161 e. The normalized spacial score (nSPS) is 18.2. The van der Waals surface area contributed by atoms with Crippen LogP contribution in [0.2, 0.25) is 0 Å². The highest BCUT2D eigenvalue weighted by Gasteiger charge is 2.27. The SMILES string of the molecule is COc1ccc(CN2CCN(Cc3ccccc3F)C(CCO)C2)cc1OC. The van der Waals surface area contributed by atoms with Crippen LogP contribution in [-0.2, 0) is 13.1 Å². The molecule has 2 aromatic carbocycles. The number of piperazine rings is 1. The Kier molecular flexibility index (Phi) is 7.25. The molecule has 1 saturated heterocycles. The predicted octanol–water partition coefficient (Wildman–Crippen LogP) is 2.91. The van der Waals surface area contributed by atoms with E-state index in [0.29, 0.717) is 18.5 Å². The van der Waals surface area contributed by atoms with Gasteiger partial charge in [0.2, 0.25) is 0 Å². The molecule has 0 bridgehead atoms. The highest BCUT2D eigenvalue weighted by molar-refractivity contribution is 5.42. The van der Waals surface area contributed by atoms with Gasteiger partial charge in [0.15, 0.2) is 11.5 Å². The van der Waals surface area contributed by atoms with Gasteiger partial charge in [-0.3, -0.25) is 9.80 Å². The first-order valence-electron chi connectivity index (χ1n) is 9.66. The van der Waals surface area contributed by atoms with Crippen molar-refractivity contribution < 1.29 is 19.0 Å². The number of hydrogen-bond donors (Lipinski definition) is 1. The Morgan fingerprint density at radius 3 is 2.54 bits per heavy atom. The second-order valence-electron chi connectivity index (χ2n) is 7.15. The lowest BCUT2D eigenvalue weighted by atomic mass is 10.1. The maximum absolute atomic E-state index is 14.0. The molecule has 0 aromatic heterocycles. The van der Waals surface area contributed by atoms with E-state index in [1.54, 1.807) is 20.3 Å². The highest BCUT2D eigenvalue weighted by atomic mass is 19.1. The highest BCUT2D eigenvalue weighted by Crippen LogP contribution is 2.28. The van der Waals surface area contributed by atoms with Crippen LogP contribution in [0.25, 0.3) is 0 Å². The molecule has 0 radical (unpaired) electrons. The summed E-state index contributed by atoms with van der Waals surface area (Å²) in [6.07, 6.45) is 0.677. The van der Waals surface area contributed by atoms with Gasteiger partial charge in [-0.2, -0.15) is 0 Å². The number of aliphatic hydroxyl groups is 1. The van der Waals surface area contributed by atoms with Crippen molar-refractivity contribution >= 4 is 0 Å². The Hall–Kier alpha value is -2.15. The molecule has 28 heavy (non-hydrogen) atoms. The molecule has 2 aromatic rings. The van der Waals surface area contributed by atoms with Gasteiger partial charge in [0.05, 0.1) is 14.2 Å². The molecule has 1 heterocycles. The Balaban J connectivity index is 1.66. The molecule has 6 heteroatoms. The second kappa shape index (κ2) is 9.87. The zero-order valence-electron chi connectivity index (χ0n) is 16.6. The molecule has 5 nitrogen and oxygen atoms in total. The lowest BCUT2D eigenvalue weighted by Gasteiger charge is -2.41. The fourth-order valence-electron chi connectivity index (χ4n) is 3.81. The van der Waals surface area contributed by atoms with Crippen LogP contribution in [0, 0.1) is 5.82 Å². The van der Waals surface area contributed by atoms with Crippen molar-refractivity contribution in [1.82, 2.24) is 9.80 Å². The summed E-state index contributed by atoms with van der Waals surface area (Å²) in [4.78, 5) is 4.65. The third-order valence-corrected chi connectivity index (χ3v) is 5.34. The molecule has 1 fully saturated rings. The van der Waals surface area contributed by atoms with Crippen LogP contribution >= 0.6 is 0 Å². The summed E-state index contributed by atoms with van der Waals surface area (Å²) < 4.78 is 24.8. The Labute approximate surface area is 166 Å². The Morgan fingerprint density at radius 1 is 1.04 bits per heavy atom. The van der Waals surface area contributed by atoms with Crippen LogP contribution in [0.4, 0.5) is 4.39 Å². The summed E-state index contributed by atoms with van der Waals surface area (Å²) in [5.41, 5.74) is 1.86. The number of ether oxygens (including phenoxy) is 2. The van der Waals surface area contributed by atoms with E-state index in [0.717, 1.165) is 43.2 Å². The van der Waals surface area contributed by atoms with E-state index in [1.807, 2.05) is 30.3 Å². The first kappa shape index (κ1) is 20.6. The van der Waals surface area contributed by atoms with E-state index in [9.17, 15) is 9.50 Å². The lowest BCUT2D eigenvalue weighted by molar-refractivity contribution is 0.0492. The molecular weight excluding hydrogens is 359 g/mol. The van der Waals surface area contributed by atoms with E-state index in [-0.39, 0.29) is 18.5 Å². The fraction of sp³-hybridized carbons (Fsp3) is 0.455. The smallest absolute Gasteiger partial charge is 0.161 e. The van der Waals surface area contributed by atoms with Gasteiger partial charge in [-0.05, 0) is 30.2 Å². The van der Waals surface area contributed by atoms with E-state index >= 15 is 0 Å². The average Bonchev–Trinajstić information content (AvgIpc) is 2.71. The maximum atomic E-state index is 14.0. The molecular formula is C22H29FN2O3. The number of rotatable bonds is 8. The Morgan fingerprint density at radius 2 is 1.82 bits per heavy atom. The first-order chi connectivity index (χ1) is 13.6. The molecule has 1 unspecified atom stereocenters. The van der Waals surface area contributed by atoms with Crippen molar-refractivity contribution in [3.63, 3.8) is 0 Å². The second-order valence-corrected chi connectivity index (χ2v) is 7.15. The molecule has 0 spiro atoms. The largest absolute Gasteiger partial charge is 0.493 e. The van der Waals surface area contributed by atoms with Gasteiger partial charge in [-0.25, -0.2) is 4.39 Å². The van der Waals surface area contributed by atoms with Gasteiger partial charge in [-0.1, -0.05) is 24.3 Å². The number of benzene rings is 2. The van der Waals surface area contributed by atoms with Crippen LogP contribution in [0.5, 0.6) is 11.5 Å². The Bertz CT molecular complexity index is 771. The minimum Gasteiger partial charge on any atom is -0.493 e. The van der Waals surface area contributed by atoms with E-state index < -0.39 is 0 Å². The van der Waals surface area contributed by atoms with Crippen molar-refractivity contribution in [2.75, 3.05) is 40.5 Å². The molecule has 0 aliphatic carbocycles. The monoisotopic (exact) mass is 388 g/mol. The van der Waals surface area contributed by atoms with Crippen LogP contribution in [0.15, 0.2) is 42.5 Å². The topological polar surface area (TPSA) is 45.2 Å². The molecule has 1 aliphatic heterocycles. The number of methoxy groups -OCH3 is 2. The van der Waals surface area contributed by atoms with Crippen molar-refractivity contribution in [3.05, 3.63) is 59.4 Å². The van der Waals surface area contributed by atoms with E-state index in [4.69, 9.17) is 9.47 Å². The number of halogens is 1. The van der Waals surface area contributed by atoms with Crippen molar-refractivity contribution in [1.29, 1.82) is 0 Å². The van der Waals surface area contributed by atoms with Gasteiger partial charge in [0.1, 0.15) is 5.82 Å². The van der Waals surface area contributed by atoms with Gasteiger partial charge in [0.25, 0.3) is 0 Å². The summed E-state index contributed by atoms with van der Waals surface area (Å²) in [7, 11) is 3.27. The fourth-order valence-corrected chi connectivity index (χ4v) is 3.81. The van der Waals surface area contributed by atoms with Crippen LogP contribution in [0.1, 0.15) is 17.5 Å². The van der Waals surface area contributed by atoms with Gasteiger partial charge < -0.3 is 14.6 Å². The molecule has 0 saturated carbocycles. The number of hydrogen-bond acceptors (Lipinski definition) is 5. The average molecular weight is 388 g/mol. The van der Waals surface area contributed by atoms with Crippen molar-refractivity contribution in [3.8, 4) is 11.5 Å². The minimum absolute atomic E-state index is 0.128. The summed E-state index contributed by atoms with van der Waals surface area (Å²) in [6.45, 7) is 4.07. The van der Waals surface area contributed by atoms with Crippen LogP contribution in [0.3, 0.4) is 0 Å². The van der Waals surface area contributed by atoms with Crippen LogP contribution in [-0.4, -0.2) is 61.4 Å². The minimum atomic E-state index is -0.169. The van der Waals surface area contributed by atoms with Gasteiger partial charge >= 0.3 is 0 Å². The molecule has 3 rings (SSSR count). The summed E-state index contributed by atoms with van der Waals surface area (Å²) in [6, 6.07) is 13.1. The van der Waals surface area contributed by atoms with E-state index in [1.165, 1.54) is 6.07 Å². The zero-order chi connectivity index (χ0) is 19.9. The molecule has 1 N–H and O–H groups in total. The quantitative estimate of drug-likeness (QED) is 0.753. The third kappa shape index (κ3) is 5.01. The molecule has 1 atom stereocenters. The van der Waals surface area contributed by atoms with Crippen molar-refractivity contribution in [2.24, 2.45) is 0 Å². The van der Waals surface area contributed by atoms with Gasteiger partial charge in [0, 0.05) is 50.9 Å². The van der Waals surface area contributed by atoms with Gasteiger partial charge in [-0.15, -0.1) is 0 Å². The first-order valence-corrected chi connectivity index (χ1v) is 9.66. The van der Waals surface area contributed by atoms with Crippen LogP contribution < -0.4 is 9.47 Å². The number of aliphatic hydroxyl groups excluding tert-OH is 1. The summed E-state index contributed by atoms with van der Waals surface area (Å²) in [5, 5.41) is 9.51. The number of nitrogens with zero attached hydrogens (tertiary/aromatic N) is 2. The summed E-state index contributed by atoms with van der Waals surface area (Å²) >= 11 is 0. The summed E-state index contributed by atoms with van der Waals surface area (Å²) in [5.74, 6) is 1.28. The molecule has 0 amide bonds. The standard InChI is InChI=1S/C22H29FN2O3/c1-27-21-8-7-17(13-22(21)28-2)14-24-10-11-25(19(16-24)9-12-26)15-18-5-3-4-6-20(18)23/h3-8,13,19,26H,9-12,14-16H2,1-2H3. The van der Waals surface area contributed by atoms with Crippen molar-refractivity contribution in [2.45, 2.75) is 25.6 Å². The molecule has 1 aliphatic rings. The lowest BCUT2D eigenvalue weighted by Crippen LogP contribution is -2.52. The third-order valence-electron chi connectivity index (χ3n) is 5.34. The van der Waals surface area contributed by atoms with E-state index in [2.05, 4.69) is 9.80 Å². The zero-order valence-corrected chi connectivity index (χ0v) is 16.6.